The van der Waals surface area contributed by atoms with Crippen molar-refractivity contribution in [2.75, 3.05) is 19.5 Å². The standard InChI is InChI=1S/C14H16N2O4S/c1-19-11-5-3-9(7-12(11)20-2)15-14-16-10(8-21-14)4-6-13(17)18/h3,5,7-8H,4,6H2,1-2H3,(H,15,16)(H,17,18). The summed E-state index contributed by atoms with van der Waals surface area (Å²) >= 11 is 1.43. The van der Waals surface area contributed by atoms with E-state index in [1.807, 2.05) is 17.5 Å². The molecule has 0 aliphatic heterocycles. The van der Waals surface area contributed by atoms with Crippen LogP contribution in [0, 0.1) is 0 Å². The van der Waals surface area contributed by atoms with E-state index in [2.05, 4.69) is 10.3 Å². The zero-order chi connectivity index (χ0) is 15.2. The van der Waals surface area contributed by atoms with E-state index in [-0.39, 0.29) is 6.42 Å². The number of aryl methyl sites for hydroxylation is 1. The number of hydrogen-bond acceptors (Lipinski definition) is 6. The Morgan fingerprint density at radius 1 is 1.33 bits per heavy atom. The maximum absolute atomic E-state index is 10.5. The van der Waals surface area contributed by atoms with Gasteiger partial charge in [0.1, 0.15) is 0 Å². The maximum atomic E-state index is 10.5. The van der Waals surface area contributed by atoms with E-state index < -0.39 is 5.97 Å². The molecule has 0 aliphatic carbocycles. The number of aliphatic carboxylic acids is 1. The number of rotatable bonds is 7. The third-order valence-corrected chi connectivity index (χ3v) is 3.59. The molecular formula is C14H16N2O4S. The maximum Gasteiger partial charge on any atom is 0.303 e. The van der Waals surface area contributed by atoms with Crippen LogP contribution in [0.25, 0.3) is 0 Å². The van der Waals surface area contributed by atoms with Crippen LogP contribution in [0.3, 0.4) is 0 Å². The first kappa shape index (κ1) is 15.1. The largest absolute Gasteiger partial charge is 0.493 e. The fourth-order valence-electron chi connectivity index (χ4n) is 1.75. The number of aromatic nitrogens is 1. The highest BCUT2D eigenvalue weighted by molar-refractivity contribution is 7.13. The SMILES string of the molecule is COc1ccc(Nc2nc(CCC(=O)O)cs2)cc1OC. The first-order valence-electron chi connectivity index (χ1n) is 6.27. The zero-order valence-electron chi connectivity index (χ0n) is 11.8. The summed E-state index contributed by atoms with van der Waals surface area (Å²) in [6.45, 7) is 0. The molecule has 1 heterocycles. The minimum absolute atomic E-state index is 0.0829. The Hall–Kier alpha value is -2.28. The van der Waals surface area contributed by atoms with Gasteiger partial charge < -0.3 is 19.9 Å². The number of carboxylic acids is 1. The molecule has 0 radical (unpaired) electrons. The number of anilines is 2. The van der Waals surface area contributed by atoms with Gasteiger partial charge in [-0.2, -0.15) is 0 Å². The highest BCUT2D eigenvalue weighted by Gasteiger charge is 2.07. The van der Waals surface area contributed by atoms with E-state index in [1.165, 1.54) is 11.3 Å². The summed E-state index contributed by atoms with van der Waals surface area (Å²) in [4.78, 5) is 14.9. The van der Waals surface area contributed by atoms with Crippen molar-refractivity contribution in [1.29, 1.82) is 0 Å². The summed E-state index contributed by atoms with van der Waals surface area (Å²) in [6, 6.07) is 5.48. The molecule has 0 spiro atoms. The number of ether oxygens (including phenoxy) is 2. The molecule has 7 heteroatoms. The summed E-state index contributed by atoms with van der Waals surface area (Å²) in [6.07, 6.45) is 0.513. The predicted molar refractivity (Wildman–Crippen MR) is 80.9 cm³/mol. The van der Waals surface area contributed by atoms with Crippen molar-refractivity contribution < 1.29 is 19.4 Å². The molecule has 6 nitrogen and oxygen atoms in total. The van der Waals surface area contributed by atoms with Gasteiger partial charge in [0.15, 0.2) is 16.6 Å². The monoisotopic (exact) mass is 308 g/mol. The Morgan fingerprint density at radius 3 is 2.76 bits per heavy atom. The highest BCUT2D eigenvalue weighted by atomic mass is 32.1. The zero-order valence-corrected chi connectivity index (χ0v) is 12.6. The molecule has 1 aromatic carbocycles. The minimum atomic E-state index is -0.822. The minimum Gasteiger partial charge on any atom is -0.493 e. The van der Waals surface area contributed by atoms with Crippen LogP contribution in [0.4, 0.5) is 10.8 Å². The van der Waals surface area contributed by atoms with Crippen molar-refractivity contribution >= 4 is 28.1 Å². The first-order chi connectivity index (χ1) is 10.1. The molecule has 0 atom stereocenters. The number of nitrogens with zero attached hydrogens (tertiary/aromatic N) is 1. The van der Waals surface area contributed by atoms with Gasteiger partial charge >= 0.3 is 5.97 Å². The molecule has 0 unspecified atom stereocenters. The molecule has 2 N–H and O–H groups in total. The van der Waals surface area contributed by atoms with Crippen LogP contribution in [-0.4, -0.2) is 30.3 Å². The second-order valence-corrected chi connectivity index (χ2v) is 5.09. The van der Waals surface area contributed by atoms with Gasteiger partial charge in [0, 0.05) is 23.6 Å². The number of nitrogens with one attached hydrogen (secondary N) is 1. The van der Waals surface area contributed by atoms with Crippen molar-refractivity contribution in [1.82, 2.24) is 4.98 Å². The van der Waals surface area contributed by atoms with Crippen LogP contribution < -0.4 is 14.8 Å². The molecule has 0 aliphatic rings. The van der Waals surface area contributed by atoms with Crippen molar-refractivity contribution in [3.05, 3.63) is 29.3 Å². The average molecular weight is 308 g/mol. The normalized spacial score (nSPS) is 10.2. The third-order valence-electron chi connectivity index (χ3n) is 2.78. The smallest absolute Gasteiger partial charge is 0.303 e. The van der Waals surface area contributed by atoms with E-state index >= 15 is 0 Å². The number of methoxy groups -OCH3 is 2. The number of benzene rings is 1. The van der Waals surface area contributed by atoms with Gasteiger partial charge in [-0.05, 0) is 12.1 Å². The van der Waals surface area contributed by atoms with E-state index in [9.17, 15) is 4.79 Å². The summed E-state index contributed by atoms with van der Waals surface area (Å²) in [5, 5.41) is 14.4. The fraction of sp³-hybridized carbons (Fsp3) is 0.286. The number of carboxylic acid groups (broad SMARTS) is 1. The number of hydrogen-bond donors (Lipinski definition) is 2. The Kier molecular flexibility index (Phi) is 4.99. The van der Waals surface area contributed by atoms with Crippen LogP contribution in [0.5, 0.6) is 11.5 Å². The molecule has 0 saturated heterocycles. The summed E-state index contributed by atoms with van der Waals surface area (Å²) < 4.78 is 10.4. The van der Waals surface area contributed by atoms with E-state index in [0.717, 1.165) is 11.4 Å². The topological polar surface area (TPSA) is 80.7 Å². The molecule has 0 bridgehead atoms. The lowest BCUT2D eigenvalue weighted by atomic mass is 10.2. The van der Waals surface area contributed by atoms with Crippen molar-refractivity contribution in [3.8, 4) is 11.5 Å². The molecule has 1 aromatic heterocycles. The van der Waals surface area contributed by atoms with Gasteiger partial charge in [-0.1, -0.05) is 0 Å². The van der Waals surface area contributed by atoms with Crippen molar-refractivity contribution in [2.45, 2.75) is 12.8 Å². The Bertz CT molecular complexity index is 627. The lowest BCUT2D eigenvalue weighted by Crippen LogP contribution is -1.98. The highest BCUT2D eigenvalue weighted by Crippen LogP contribution is 2.31. The van der Waals surface area contributed by atoms with Gasteiger partial charge in [0.05, 0.1) is 26.3 Å². The molecule has 0 saturated carbocycles. The van der Waals surface area contributed by atoms with Gasteiger partial charge in [0.25, 0.3) is 0 Å². The Morgan fingerprint density at radius 2 is 2.10 bits per heavy atom. The summed E-state index contributed by atoms with van der Waals surface area (Å²) in [7, 11) is 3.16. The quantitative estimate of drug-likeness (QED) is 0.818. The van der Waals surface area contributed by atoms with Crippen LogP contribution >= 0.6 is 11.3 Å². The molecule has 2 aromatic rings. The van der Waals surface area contributed by atoms with E-state index in [4.69, 9.17) is 14.6 Å². The molecule has 0 fully saturated rings. The third kappa shape index (κ3) is 4.09. The van der Waals surface area contributed by atoms with Crippen LogP contribution in [-0.2, 0) is 11.2 Å². The Labute approximate surface area is 126 Å². The van der Waals surface area contributed by atoms with Crippen molar-refractivity contribution in [3.63, 3.8) is 0 Å². The summed E-state index contributed by atoms with van der Waals surface area (Å²) in [5.74, 6) is 0.465. The van der Waals surface area contributed by atoms with Crippen LogP contribution in [0.2, 0.25) is 0 Å². The van der Waals surface area contributed by atoms with Gasteiger partial charge in [-0.15, -0.1) is 11.3 Å². The van der Waals surface area contributed by atoms with Crippen LogP contribution in [0.15, 0.2) is 23.6 Å². The van der Waals surface area contributed by atoms with E-state index in [0.29, 0.717) is 23.1 Å². The average Bonchev–Trinajstić information content (AvgIpc) is 2.92. The molecular weight excluding hydrogens is 292 g/mol. The molecule has 0 amide bonds. The Balaban J connectivity index is 2.06. The first-order valence-corrected chi connectivity index (χ1v) is 7.15. The molecule has 21 heavy (non-hydrogen) atoms. The van der Waals surface area contributed by atoms with Gasteiger partial charge in [-0.25, -0.2) is 4.98 Å². The number of thiazole rings is 1. The van der Waals surface area contributed by atoms with Crippen LogP contribution in [0.1, 0.15) is 12.1 Å². The molecule has 2 rings (SSSR count). The summed E-state index contributed by atoms with van der Waals surface area (Å²) in [5.41, 5.74) is 1.59. The van der Waals surface area contributed by atoms with Crippen molar-refractivity contribution in [2.24, 2.45) is 0 Å². The van der Waals surface area contributed by atoms with Gasteiger partial charge in [0.2, 0.25) is 0 Å². The molecule has 112 valence electrons. The lowest BCUT2D eigenvalue weighted by Gasteiger charge is -2.09. The lowest BCUT2D eigenvalue weighted by molar-refractivity contribution is -0.136. The predicted octanol–water partition coefficient (Wildman–Crippen LogP) is 2.92. The number of carbonyl (C=O) groups is 1. The fourth-order valence-corrected chi connectivity index (χ4v) is 2.52. The second-order valence-electron chi connectivity index (χ2n) is 4.23. The van der Waals surface area contributed by atoms with E-state index in [1.54, 1.807) is 20.3 Å². The van der Waals surface area contributed by atoms with Gasteiger partial charge in [-0.3, -0.25) is 4.79 Å². The second kappa shape index (κ2) is 6.94.